The van der Waals surface area contributed by atoms with Crippen molar-refractivity contribution in [1.82, 2.24) is 0 Å². The van der Waals surface area contributed by atoms with E-state index in [1.54, 1.807) is 0 Å². The fraction of sp³-hybridized carbons (Fsp3) is 0.920. The van der Waals surface area contributed by atoms with Crippen molar-refractivity contribution >= 4 is 11.6 Å². The van der Waals surface area contributed by atoms with Crippen LogP contribution in [0.4, 0.5) is 0 Å². The van der Waals surface area contributed by atoms with Gasteiger partial charge in [0.05, 0.1) is 26.4 Å². The molecule has 2 aliphatic carbocycles. The number of carbonyl (C=O) groups is 2. The molecule has 0 amide bonds. The Labute approximate surface area is 190 Å². The van der Waals surface area contributed by atoms with Crippen molar-refractivity contribution in [1.29, 1.82) is 0 Å². The van der Waals surface area contributed by atoms with Gasteiger partial charge in [-0.2, -0.15) is 0 Å². The van der Waals surface area contributed by atoms with Crippen molar-refractivity contribution in [2.24, 2.45) is 0 Å². The minimum atomic E-state index is -0.0681. The number of rotatable bonds is 19. The molecule has 6 nitrogen and oxygen atoms in total. The maximum absolute atomic E-state index is 11.4. The Balaban J connectivity index is 0.00000106. The van der Waals surface area contributed by atoms with Crippen LogP contribution in [0.5, 0.6) is 0 Å². The van der Waals surface area contributed by atoms with Crippen LogP contribution in [0.25, 0.3) is 0 Å². The number of ether oxygens (including phenoxy) is 4. The van der Waals surface area contributed by atoms with Crippen molar-refractivity contribution in [3.05, 3.63) is 0 Å². The Morgan fingerprint density at radius 1 is 0.581 bits per heavy atom. The van der Waals surface area contributed by atoms with Crippen LogP contribution >= 0.6 is 0 Å². The van der Waals surface area contributed by atoms with Crippen molar-refractivity contribution in [2.45, 2.75) is 97.3 Å². The molecule has 2 rings (SSSR count). The van der Waals surface area contributed by atoms with Crippen LogP contribution in [0.2, 0.25) is 0 Å². The van der Waals surface area contributed by atoms with Gasteiger partial charge in [0.2, 0.25) is 0 Å². The van der Waals surface area contributed by atoms with Crippen molar-refractivity contribution in [2.75, 3.05) is 52.9 Å². The Hall–Kier alpha value is -0.820. The minimum Gasteiger partial charge on any atom is -0.379 e. The van der Waals surface area contributed by atoms with E-state index in [1.807, 2.05) is 0 Å². The van der Waals surface area contributed by atoms with E-state index in [9.17, 15) is 9.59 Å². The van der Waals surface area contributed by atoms with Gasteiger partial charge >= 0.3 is 0 Å². The Kier molecular flexibility index (Phi) is 24.8. The predicted molar refractivity (Wildman–Crippen MR) is 125 cm³/mol. The lowest BCUT2D eigenvalue weighted by molar-refractivity contribution is -0.127. The number of hydrogen-bond acceptors (Lipinski definition) is 6. The third kappa shape index (κ3) is 31.5. The topological polar surface area (TPSA) is 71.1 Å². The van der Waals surface area contributed by atoms with Crippen molar-refractivity contribution in [3.8, 4) is 0 Å². The lowest BCUT2D eigenvalue weighted by Gasteiger charge is -2.07. The van der Waals surface area contributed by atoms with Gasteiger partial charge in [-0.15, -0.1) is 0 Å². The molecule has 0 spiro atoms. The van der Waals surface area contributed by atoms with Gasteiger partial charge in [0, 0.05) is 19.6 Å². The first-order valence-electron chi connectivity index (χ1n) is 12.5. The summed E-state index contributed by atoms with van der Waals surface area (Å²) in [7, 11) is 0. The number of ketones is 2. The zero-order chi connectivity index (χ0) is 22.8. The SMILES string of the molecule is C1CC1.C1CCC1.CCCCCOCCOCCOCCCCC(=O)COCC(C)=O. The number of Topliss-reactive ketones (excluding diaryl/α,β-unsaturated/α-hetero) is 2. The van der Waals surface area contributed by atoms with E-state index in [1.165, 1.54) is 64.7 Å². The molecule has 31 heavy (non-hydrogen) atoms. The van der Waals surface area contributed by atoms with E-state index in [4.69, 9.17) is 18.9 Å². The largest absolute Gasteiger partial charge is 0.379 e. The Morgan fingerprint density at radius 2 is 1.03 bits per heavy atom. The lowest BCUT2D eigenvalue weighted by Crippen LogP contribution is -2.13. The van der Waals surface area contributed by atoms with Gasteiger partial charge in [-0.1, -0.05) is 64.7 Å². The maximum atomic E-state index is 11.4. The summed E-state index contributed by atoms with van der Waals surface area (Å²) < 4.78 is 21.2. The van der Waals surface area contributed by atoms with E-state index in [0.717, 1.165) is 25.9 Å². The number of unbranched alkanes of at least 4 members (excludes halogenated alkanes) is 3. The maximum Gasteiger partial charge on any atom is 0.158 e. The van der Waals surface area contributed by atoms with E-state index in [-0.39, 0.29) is 24.8 Å². The van der Waals surface area contributed by atoms with Gasteiger partial charge in [0.1, 0.15) is 13.2 Å². The summed E-state index contributed by atoms with van der Waals surface area (Å²) in [6.45, 7) is 7.44. The smallest absolute Gasteiger partial charge is 0.158 e. The molecule has 184 valence electrons. The minimum absolute atomic E-state index is 0.0125. The second-order valence-electron chi connectivity index (χ2n) is 8.21. The highest BCUT2D eigenvalue weighted by atomic mass is 16.5. The normalized spacial score (nSPS) is 13.9. The molecule has 0 N–H and O–H groups in total. The average molecular weight is 445 g/mol. The summed E-state index contributed by atoms with van der Waals surface area (Å²) >= 11 is 0. The summed E-state index contributed by atoms with van der Waals surface area (Å²) in [5.74, 6) is -0.0417. The third-order valence-electron chi connectivity index (χ3n) is 4.55. The second kappa shape index (κ2) is 25.4. The zero-order valence-electron chi connectivity index (χ0n) is 20.3. The first-order valence-corrected chi connectivity index (χ1v) is 12.5. The van der Waals surface area contributed by atoms with E-state index < -0.39 is 0 Å². The molecule has 0 bridgehead atoms. The molecule has 6 heteroatoms. The molecule has 0 aromatic rings. The summed E-state index contributed by atoms with van der Waals surface area (Å²) in [5, 5.41) is 0. The molecular weight excluding hydrogens is 396 g/mol. The number of hydrogen-bond donors (Lipinski definition) is 0. The van der Waals surface area contributed by atoms with Crippen LogP contribution in [0.15, 0.2) is 0 Å². The molecule has 0 unspecified atom stereocenters. The van der Waals surface area contributed by atoms with Gasteiger partial charge in [-0.05, 0) is 26.2 Å². The Morgan fingerprint density at radius 3 is 1.45 bits per heavy atom. The van der Waals surface area contributed by atoms with Gasteiger partial charge in [-0.25, -0.2) is 0 Å². The van der Waals surface area contributed by atoms with Crippen molar-refractivity contribution < 1.29 is 28.5 Å². The summed E-state index contributed by atoms with van der Waals surface area (Å²) in [5.41, 5.74) is 0. The molecule has 2 saturated carbocycles. The zero-order valence-corrected chi connectivity index (χ0v) is 20.3. The van der Waals surface area contributed by atoms with Crippen LogP contribution in [0, 0.1) is 0 Å². The monoisotopic (exact) mass is 444 g/mol. The molecule has 2 aliphatic rings. The van der Waals surface area contributed by atoms with Crippen LogP contribution < -0.4 is 0 Å². The standard InChI is InChI=1S/C18H34O6.C4H8.C3H6/c1-3-4-6-9-21-11-13-23-14-12-22-10-7-5-8-18(20)16-24-15-17(2)19;1-2-4-3-1;1-2-3-1/h3-16H2,1-2H3;1-4H2;1-3H2. The molecule has 0 aliphatic heterocycles. The fourth-order valence-corrected chi connectivity index (χ4v) is 2.15. The molecule has 0 aromatic carbocycles. The van der Waals surface area contributed by atoms with Crippen LogP contribution in [-0.4, -0.2) is 64.4 Å². The van der Waals surface area contributed by atoms with Gasteiger partial charge in [0.15, 0.2) is 11.6 Å². The molecule has 0 saturated heterocycles. The molecular formula is C25H48O6. The second-order valence-corrected chi connectivity index (χ2v) is 8.21. The highest BCUT2D eigenvalue weighted by Gasteiger charge is 2.03. The highest BCUT2D eigenvalue weighted by Crippen LogP contribution is 2.15. The van der Waals surface area contributed by atoms with Gasteiger partial charge in [0.25, 0.3) is 0 Å². The molecule has 0 radical (unpaired) electrons. The van der Waals surface area contributed by atoms with Crippen LogP contribution in [0.1, 0.15) is 97.3 Å². The van der Waals surface area contributed by atoms with Gasteiger partial charge in [-0.3, -0.25) is 9.59 Å². The van der Waals surface area contributed by atoms with Crippen molar-refractivity contribution in [3.63, 3.8) is 0 Å². The van der Waals surface area contributed by atoms with E-state index in [2.05, 4.69) is 6.92 Å². The molecule has 0 atom stereocenters. The molecule has 0 heterocycles. The van der Waals surface area contributed by atoms with E-state index in [0.29, 0.717) is 39.5 Å². The summed E-state index contributed by atoms with van der Waals surface area (Å²) in [6, 6.07) is 0. The third-order valence-corrected chi connectivity index (χ3v) is 4.55. The molecule has 2 fully saturated rings. The van der Waals surface area contributed by atoms with Crippen LogP contribution in [0.3, 0.4) is 0 Å². The van der Waals surface area contributed by atoms with E-state index >= 15 is 0 Å². The molecule has 0 aromatic heterocycles. The summed E-state index contributed by atoms with van der Waals surface area (Å²) in [6.07, 6.45) is 16.1. The fourth-order valence-electron chi connectivity index (χ4n) is 2.15. The predicted octanol–water partition coefficient (Wildman–Crippen LogP) is 5.30. The Bertz CT molecular complexity index is 387. The number of carbonyl (C=O) groups excluding carboxylic acids is 2. The summed E-state index contributed by atoms with van der Waals surface area (Å²) in [4.78, 5) is 22.1. The van der Waals surface area contributed by atoms with Gasteiger partial charge < -0.3 is 18.9 Å². The average Bonchev–Trinajstić information content (AvgIpc) is 3.56. The lowest BCUT2D eigenvalue weighted by atomic mass is 10.0. The highest BCUT2D eigenvalue weighted by molar-refractivity contribution is 5.80. The van der Waals surface area contributed by atoms with Crippen LogP contribution in [-0.2, 0) is 28.5 Å². The quantitative estimate of drug-likeness (QED) is 0.252. The first kappa shape index (κ1) is 30.2. The first-order chi connectivity index (χ1) is 15.2.